The van der Waals surface area contributed by atoms with Gasteiger partial charge in [-0.2, -0.15) is 8.78 Å². The van der Waals surface area contributed by atoms with E-state index in [2.05, 4.69) is 20.4 Å². The average molecular weight is 337 g/mol. The number of halogens is 4. The van der Waals surface area contributed by atoms with Gasteiger partial charge in [-0.05, 0) is 6.07 Å². The lowest BCUT2D eigenvalue weighted by Crippen LogP contribution is -2.48. The molecule has 10 heteroatoms. The molecule has 0 bridgehead atoms. The summed E-state index contributed by atoms with van der Waals surface area (Å²) in [5, 5.41) is 5.52. The monoisotopic (exact) mass is 337 g/mol. The smallest absolute Gasteiger partial charge is 0.340 e. The maximum atomic E-state index is 12.7. The topological polar surface area (TPSA) is 72.5 Å². The highest BCUT2D eigenvalue weighted by Gasteiger charge is 2.41. The number of pyridine rings is 1. The van der Waals surface area contributed by atoms with Crippen molar-refractivity contribution in [2.45, 2.75) is 18.4 Å². The van der Waals surface area contributed by atoms with E-state index in [0.29, 0.717) is 18.8 Å². The minimum absolute atomic E-state index is 0.239. The molecule has 1 aromatic heterocycles. The van der Waals surface area contributed by atoms with Crippen molar-refractivity contribution in [1.82, 2.24) is 10.3 Å². The number of ether oxygens (including phenoxy) is 2. The van der Waals surface area contributed by atoms with Crippen molar-refractivity contribution < 1.29 is 31.8 Å². The average Bonchev–Trinajstić information content (AvgIpc) is 2.55. The molecule has 2 rings (SSSR count). The van der Waals surface area contributed by atoms with Crippen LogP contribution in [0.3, 0.4) is 0 Å². The largest absolute Gasteiger partial charge is 0.471 e. The minimum atomic E-state index is -4.25. The number of nitrogens with zero attached hydrogens (tertiary/aromatic N) is 1. The van der Waals surface area contributed by atoms with E-state index in [1.54, 1.807) is 0 Å². The summed E-state index contributed by atoms with van der Waals surface area (Å²) in [4.78, 5) is 15.6. The van der Waals surface area contributed by atoms with Crippen molar-refractivity contribution in [2.24, 2.45) is 0 Å². The number of hydrogen-bond donors (Lipinski definition) is 2. The summed E-state index contributed by atoms with van der Waals surface area (Å²) < 4.78 is 59.1. The van der Waals surface area contributed by atoms with Crippen LogP contribution in [-0.4, -0.2) is 55.6 Å². The molecule has 1 aliphatic heterocycles. The molecular formula is C13H15F4N3O3. The van der Waals surface area contributed by atoms with E-state index in [4.69, 9.17) is 4.74 Å². The zero-order chi connectivity index (χ0) is 16.9. The van der Waals surface area contributed by atoms with Gasteiger partial charge in [0.15, 0.2) is 6.61 Å². The lowest BCUT2D eigenvalue weighted by molar-refractivity contribution is -0.148. The summed E-state index contributed by atoms with van der Waals surface area (Å²) in [7, 11) is 0. The van der Waals surface area contributed by atoms with E-state index in [0.717, 1.165) is 0 Å². The summed E-state index contributed by atoms with van der Waals surface area (Å²) in [5.74, 6) is -4.83. The molecule has 2 N–H and O–H groups in total. The van der Waals surface area contributed by atoms with E-state index in [1.807, 2.05) is 0 Å². The number of carbonyl (C=O) groups excluding carboxylic acids is 1. The van der Waals surface area contributed by atoms with E-state index in [1.165, 1.54) is 18.3 Å². The predicted octanol–water partition coefficient (Wildman–Crippen LogP) is 1.29. The lowest BCUT2D eigenvalue weighted by Gasteiger charge is -2.22. The van der Waals surface area contributed by atoms with Crippen molar-refractivity contribution in [3.05, 3.63) is 18.3 Å². The molecule has 1 atom stereocenters. The first-order valence-electron chi connectivity index (χ1n) is 6.75. The van der Waals surface area contributed by atoms with Crippen LogP contribution in [0.5, 0.6) is 5.88 Å². The Morgan fingerprint density at radius 3 is 2.87 bits per heavy atom. The highest BCUT2D eigenvalue weighted by molar-refractivity contribution is 5.94. The van der Waals surface area contributed by atoms with Crippen LogP contribution in [0.1, 0.15) is 0 Å². The number of alkyl halides is 4. The first kappa shape index (κ1) is 17.4. The number of nitrogens with one attached hydrogen (secondary N) is 2. The fraction of sp³-hybridized carbons (Fsp3) is 0.538. The van der Waals surface area contributed by atoms with Crippen LogP contribution >= 0.6 is 0 Å². The quantitative estimate of drug-likeness (QED) is 0.766. The van der Waals surface area contributed by atoms with E-state index < -0.39 is 25.0 Å². The number of anilines is 1. The van der Waals surface area contributed by atoms with Gasteiger partial charge in [0.05, 0.1) is 25.1 Å². The SMILES string of the molecule is O=C(Nc1ccc(OCC(F)(F)C(F)F)nc1)C1COCCN1. The minimum Gasteiger partial charge on any atom is -0.471 e. The molecule has 0 saturated carbocycles. The second-order valence-electron chi connectivity index (χ2n) is 4.81. The van der Waals surface area contributed by atoms with E-state index in [9.17, 15) is 22.4 Å². The van der Waals surface area contributed by atoms with E-state index >= 15 is 0 Å². The number of aromatic nitrogens is 1. The summed E-state index contributed by atoms with van der Waals surface area (Å²) in [6.45, 7) is -0.155. The Bertz CT molecular complexity index is 522. The van der Waals surface area contributed by atoms with Crippen LogP contribution in [0.2, 0.25) is 0 Å². The molecule has 0 radical (unpaired) electrons. The maximum Gasteiger partial charge on any atom is 0.340 e. The molecule has 6 nitrogen and oxygen atoms in total. The summed E-state index contributed by atoms with van der Waals surface area (Å²) in [6, 6.07) is 2.07. The van der Waals surface area contributed by atoms with Crippen molar-refractivity contribution in [2.75, 3.05) is 31.7 Å². The zero-order valence-electron chi connectivity index (χ0n) is 11.9. The molecule has 1 unspecified atom stereocenters. The molecule has 1 fully saturated rings. The van der Waals surface area contributed by atoms with Gasteiger partial charge in [0, 0.05) is 12.6 Å². The molecule has 0 aromatic carbocycles. The van der Waals surface area contributed by atoms with Crippen LogP contribution in [0.15, 0.2) is 18.3 Å². The molecule has 1 aliphatic rings. The predicted molar refractivity (Wildman–Crippen MR) is 71.9 cm³/mol. The fourth-order valence-electron chi connectivity index (χ4n) is 1.74. The molecule has 23 heavy (non-hydrogen) atoms. The normalized spacial score (nSPS) is 18.7. The van der Waals surface area contributed by atoms with Gasteiger partial charge in [-0.15, -0.1) is 0 Å². The second-order valence-corrected chi connectivity index (χ2v) is 4.81. The second kappa shape index (κ2) is 7.55. The van der Waals surface area contributed by atoms with Crippen LogP contribution < -0.4 is 15.4 Å². The van der Waals surface area contributed by atoms with Gasteiger partial charge in [0.25, 0.3) is 0 Å². The molecule has 0 spiro atoms. The van der Waals surface area contributed by atoms with Gasteiger partial charge in [-0.25, -0.2) is 13.8 Å². The standard InChI is InChI=1S/C13H15F4N3O3/c14-12(15)13(16,17)7-23-10-2-1-8(5-19-10)20-11(21)9-6-22-4-3-18-9/h1-2,5,9,12,18H,3-4,6-7H2,(H,20,21). The Morgan fingerprint density at radius 2 is 2.30 bits per heavy atom. The number of morpholine rings is 1. The van der Waals surface area contributed by atoms with Gasteiger partial charge >= 0.3 is 12.3 Å². The molecule has 1 saturated heterocycles. The molecule has 128 valence electrons. The lowest BCUT2D eigenvalue weighted by atomic mass is 10.2. The highest BCUT2D eigenvalue weighted by atomic mass is 19.3. The fourth-order valence-corrected chi connectivity index (χ4v) is 1.74. The third-order valence-electron chi connectivity index (χ3n) is 2.97. The first-order valence-corrected chi connectivity index (χ1v) is 6.75. The summed E-state index contributed by atoms with van der Waals surface area (Å²) in [6.07, 6.45) is -2.64. The Balaban J connectivity index is 1.85. The number of carbonyl (C=O) groups is 1. The highest BCUT2D eigenvalue weighted by Crippen LogP contribution is 2.24. The van der Waals surface area contributed by atoms with Gasteiger partial charge < -0.3 is 20.1 Å². The van der Waals surface area contributed by atoms with Crippen LogP contribution in [0.4, 0.5) is 23.2 Å². The van der Waals surface area contributed by atoms with Gasteiger partial charge in [0.2, 0.25) is 11.8 Å². The zero-order valence-corrected chi connectivity index (χ0v) is 11.9. The summed E-state index contributed by atoms with van der Waals surface area (Å²) in [5.41, 5.74) is 0.315. The Kier molecular flexibility index (Phi) is 5.72. The molecule has 2 heterocycles. The number of rotatable bonds is 6. The maximum absolute atomic E-state index is 12.7. The van der Waals surface area contributed by atoms with E-state index in [-0.39, 0.29) is 18.4 Å². The third kappa shape index (κ3) is 5.03. The Hall–Kier alpha value is -1.94. The Morgan fingerprint density at radius 1 is 1.52 bits per heavy atom. The van der Waals surface area contributed by atoms with Gasteiger partial charge in [-0.3, -0.25) is 4.79 Å². The van der Waals surface area contributed by atoms with Gasteiger partial charge in [-0.1, -0.05) is 0 Å². The van der Waals surface area contributed by atoms with Crippen LogP contribution in [0.25, 0.3) is 0 Å². The molecule has 0 aliphatic carbocycles. The number of amides is 1. The molecule has 1 aromatic rings. The Labute approximate surface area is 129 Å². The van der Waals surface area contributed by atoms with Crippen LogP contribution in [-0.2, 0) is 9.53 Å². The first-order chi connectivity index (χ1) is 10.9. The molecule has 1 amide bonds. The molecular weight excluding hydrogens is 322 g/mol. The van der Waals surface area contributed by atoms with Crippen LogP contribution in [0, 0.1) is 0 Å². The van der Waals surface area contributed by atoms with Crippen molar-refractivity contribution in [3.63, 3.8) is 0 Å². The van der Waals surface area contributed by atoms with Crippen molar-refractivity contribution in [3.8, 4) is 5.88 Å². The number of hydrogen-bond acceptors (Lipinski definition) is 5. The van der Waals surface area contributed by atoms with Gasteiger partial charge in [0.1, 0.15) is 6.04 Å². The summed E-state index contributed by atoms with van der Waals surface area (Å²) >= 11 is 0. The van der Waals surface area contributed by atoms with Crippen molar-refractivity contribution in [1.29, 1.82) is 0 Å². The van der Waals surface area contributed by atoms with Crippen molar-refractivity contribution >= 4 is 11.6 Å². The third-order valence-corrected chi connectivity index (χ3v) is 2.97.